The van der Waals surface area contributed by atoms with Crippen molar-refractivity contribution in [3.63, 3.8) is 0 Å². The minimum absolute atomic E-state index is 0.645. The topological polar surface area (TPSA) is 27.7 Å². The van der Waals surface area contributed by atoms with Crippen LogP contribution in [0.2, 0.25) is 0 Å². The monoisotopic (exact) mass is 184 g/mol. The summed E-state index contributed by atoms with van der Waals surface area (Å²) >= 11 is 0. The summed E-state index contributed by atoms with van der Waals surface area (Å²) in [5.74, 6) is 0.0415. The van der Waals surface area contributed by atoms with Crippen molar-refractivity contribution < 1.29 is 14.2 Å². The molecule has 13 heavy (non-hydrogen) atoms. The molecule has 0 aliphatic carbocycles. The number of allylic oxidation sites excluding steroid dienone is 2. The fourth-order valence-corrected chi connectivity index (χ4v) is 1.25. The number of methoxy groups -OCH3 is 2. The normalized spacial score (nSPS) is 19.4. The SMILES string of the molecule is C=CCCC1=CCC(OC)(OC)O1. The van der Waals surface area contributed by atoms with E-state index in [9.17, 15) is 0 Å². The molecule has 0 saturated heterocycles. The molecule has 0 unspecified atom stereocenters. The third-order valence-corrected chi connectivity index (χ3v) is 2.08. The van der Waals surface area contributed by atoms with Crippen molar-refractivity contribution in [2.45, 2.75) is 25.2 Å². The molecule has 0 amide bonds. The highest BCUT2D eigenvalue weighted by Gasteiger charge is 2.36. The Morgan fingerprint density at radius 1 is 1.62 bits per heavy atom. The molecule has 1 aliphatic heterocycles. The fourth-order valence-electron chi connectivity index (χ4n) is 1.25. The maximum absolute atomic E-state index is 5.52. The van der Waals surface area contributed by atoms with Crippen LogP contribution in [-0.4, -0.2) is 20.2 Å². The Hall–Kier alpha value is -0.800. The maximum Gasteiger partial charge on any atom is 0.329 e. The van der Waals surface area contributed by atoms with Crippen LogP contribution in [0.25, 0.3) is 0 Å². The summed E-state index contributed by atoms with van der Waals surface area (Å²) in [5.41, 5.74) is 0. The Morgan fingerprint density at radius 2 is 2.31 bits per heavy atom. The second-order valence-electron chi connectivity index (χ2n) is 2.90. The van der Waals surface area contributed by atoms with Crippen LogP contribution in [0.5, 0.6) is 0 Å². The summed E-state index contributed by atoms with van der Waals surface area (Å²) in [6.07, 6.45) is 6.28. The summed E-state index contributed by atoms with van der Waals surface area (Å²) in [7, 11) is 3.15. The highest BCUT2D eigenvalue weighted by atomic mass is 16.9. The van der Waals surface area contributed by atoms with Crippen molar-refractivity contribution in [3.05, 3.63) is 24.5 Å². The van der Waals surface area contributed by atoms with Gasteiger partial charge in [-0.25, -0.2) is 0 Å². The van der Waals surface area contributed by atoms with E-state index in [0.717, 1.165) is 18.6 Å². The molecule has 0 fully saturated rings. The number of rotatable bonds is 5. The van der Waals surface area contributed by atoms with Crippen LogP contribution >= 0.6 is 0 Å². The van der Waals surface area contributed by atoms with Gasteiger partial charge in [-0.05, 0) is 12.5 Å². The molecule has 74 valence electrons. The van der Waals surface area contributed by atoms with Gasteiger partial charge in [0.15, 0.2) is 0 Å². The van der Waals surface area contributed by atoms with Crippen molar-refractivity contribution in [1.82, 2.24) is 0 Å². The third kappa shape index (κ3) is 2.32. The van der Waals surface area contributed by atoms with E-state index in [1.54, 1.807) is 14.2 Å². The molecule has 3 heteroatoms. The molecule has 0 aromatic rings. The van der Waals surface area contributed by atoms with Crippen molar-refractivity contribution >= 4 is 0 Å². The molecule has 0 radical (unpaired) electrons. The molecule has 0 spiro atoms. The van der Waals surface area contributed by atoms with Gasteiger partial charge in [-0.3, -0.25) is 0 Å². The smallest absolute Gasteiger partial charge is 0.329 e. The lowest BCUT2D eigenvalue weighted by molar-refractivity contribution is -0.335. The van der Waals surface area contributed by atoms with Crippen molar-refractivity contribution in [3.8, 4) is 0 Å². The first-order valence-corrected chi connectivity index (χ1v) is 4.35. The first-order chi connectivity index (χ1) is 6.26. The molecule has 3 nitrogen and oxygen atoms in total. The third-order valence-electron chi connectivity index (χ3n) is 2.08. The largest absolute Gasteiger partial charge is 0.444 e. The van der Waals surface area contributed by atoms with Gasteiger partial charge in [-0.15, -0.1) is 6.58 Å². The van der Waals surface area contributed by atoms with Crippen molar-refractivity contribution in [2.24, 2.45) is 0 Å². The molecular formula is C10H16O3. The molecule has 0 saturated carbocycles. The standard InChI is InChI=1S/C10H16O3/c1-4-5-6-9-7-8-10(11-2,12-3)13-9/h4,7H,1,5-6,8H2,2-3H3. The highest BCUT2D eigenvalue weighted by Crippen LogP contribution is 2.31. The zero-order valence-electron chi connectivity index (χ0n) is 8.21. The van der Waals surface area contributed by atoms with Crippen LogP contribution < -0.4 is 0 Å². The predicted molar refractivity (Wildman–Crippen MR) is 50.0 cm³/mol. The Morgan fingerprint density at radius 3 is 2.77 bits per heavy atom. The second-order valence-corrected chi connectivity index (χ2v) is 2.90. The summed E-state index contributed by atoms with van der Waals surface area (Å²) in [5, 5.41) is 0. The van der Waals surface area contributed by atoms with Gasteiger partial charge in [0.05, 0.1) is 12.2 Å². The average Bonchev–Trinajstić information content (AvgIpc) is 2.59. The minimum Gasteiger partial charge on any atom is -0.444 e. The maximum atomic E-state index is 5.52. The van der Waals surface area contributed by atoms with Crippen LogP contribution in [0.4, 0.5) is 0 Å². The van der Waals surface area contributed by atoms with E-state index in [2.05, 4.69) is 6.58 Å². The van der Waals surface area contributed by atoms with E-state index in [-0.39, 0.29) is 0 Å². The van der Waals surface area contributed by atoms with Crippen LogP contribution in [0.15, 0.2) is 24.5 Å². The van der Waals surface area contributed by atoms with E-state index in [1.807, 2.05) is 12.2 Å². The molecule has 1 heterocycles. The quantitative estimate of drug-likeness (QED) is 0.484. The summed E-state index contributed by atoms with van der Waals surface area (Å²) < 4.78 is 15.8. The molecule has 0 bridgehead atoms. The minimum atomic E-state index is -0.878. The van der Waals surface area contributed by atoms with Gasteiger partial charge in [0.25, 0.3) is 0 Å². The predicted octanol–water partition coefficient (Wildman–Crippen LogP) is 2.20. The molecule has 1 aliphatic rings. The van der Waals surface area contributed by atoms with Crippen LogP contribution in [0, 0.1) is 0 Å². The lowest BCUT2D eigenvalue weighted by Crippen LogP contribution is -2.32. The van der Waals surface area contributed by atoms with Gasteiger partial charge in [-0.1, -0.05) is 6.08 Å². The van der Waals surface area contributed by atoms with Crippen LogP contribution in [-0.2, 0) is 14.2 Å². The zero-order valence-corrected chi connectivity index (χ0v) is 8.21. The van der Waals surface area contributed by atoms with Gasteiger partial charge in [0, 0.05) is 20.6 Å². The molecule has 0 aromatic carbocycles. The van der Waals surface area contributed by atoms with E-state index in [4.69, 9.17) is 14.2 Å². The van der Waals surface area contributed by atoms with E-state index in [1.165, 1.54) is 0 Å². The van der Waals surface area contributed by atoms with Gasteiger partial charge >= 0.3 is 5.97 Å². The lowest BCUT2D eigenvalue weighted by atomic mass is 10.2. The number of hydrogen-bond acceptors (Lipinski definition) is 3. The van der Waals surface area contributed by atoms with Crippen molar-refractivity contribution in [1.29, 1.82) is 0 Å². The Balaban J connectivity index is 2.44. The lowest BCUT2D eigenvalue weighted by Gasteiger charge is -2.25. The van der Waals surface area contributed by atoms with E-state index >= 15 is 0 Å². The Kier molecular flexibility index (Phi) is 3.51. The summed E-state index contributed by atoms with van der Waals surface area (Å²) in [4.78, 5) is 0. The van der Waals surface area contributed by atoms with Crippen LogP contribution in [0.1, 0.15) is 19.3 Å². The highest BCUT2D eigenvalue weighted by molar-refractivity contribution is 5.02. The summed E-state index contributed by atoms with van der Waals surface area (Å²) in [6, 6.07) is 0. The second kappa shape index (κ2) is 4.44. The molecule has 0 N–H and O–H groups in total. The Bertz CT molecular complexity index is 204. The molecule has 0 aromatic heterocycles. The summed E-state index contributed by atoms with van der Waals surface area (Å²) in [6.45, 7) is 3.65. The zero-order chi connectivity index (χ0) is 9.73. The number of ether oxygens (including phenoxy) is 3. The molecule has 1 rings (SSSR count). The number of hydrogen-bond donors (Lipinski definition) is 0. The van der Waals surface area contributed by atoms with E-state index < -0.39 is 5.97 Å². The van der Waals surface area contributed by atoms with Gasteiger partial charge < -0.3 is 14.2 Å². The van der Waals surface area contributed by atoms with Gasteiger partial charge in [0.2, 0.25) is 0 Å². The first kappa shape index (κ1) is 10.3. The Labute approximate surface area is 79.0 Å². The molecule has 0 atom stereocenters. The van der Waals surface area contributed by atoms with Gasteiger partial charge in [0.1, 0.15) is 0 Å². The van der Waals surface area contributed by atoms with Gasteiger partial charge in [-0.2, -0.15) is 0 Å². The fraction of sp³-hybridized carbons (Fsp3) is 0.600. The average molecular weight is 184 g/mol. The van der Waals surface area contributed by atoms with Crippen molar-refractivity contribution in [2.75, 3.05) is 14.2 Å². The first-order valence-electron chi connectivity index (χ1n) is 4.35. The van der Waals surface area contributed by atoms with Crippen LogP contribution in [0.3, 0.4) is 0 Å². The van der Waals surface area contributed by atoms with E-state index in [0.29, 0.717) is 6.42 Å². The molecular weight excluding hydrogens is 168 g/mol.